The van der Waals surface area contributed by atoms with E-state index in [1.165, 1.54) is 49.6 Å². The lowest BCUT2D eigenvalue weighted by molar-refractivity contribution is -0.131. The molecule has 42 heavy (non-hydrogen) atoms. The van der Waals surface area contributed by atoms with Crippen molar-refractivity contribution < 1.29 is 38.6 Å². The molecule has 0 spiro atoms. The molecule has 1 heterocycles. The topological polar surface area (TPSA) is 150 Å². The molecule has 3 amide bonds. The van der Waals surface area contributed by atoms with E-state index in [1.807, 2.05) is 0 Å². The largest absolute Gasteiger partial charge is 0.507 e. The Hall–Kier alpha value is -4.84. The fraction of sp³-hybridized carbons (Fsp3) is 0.241. The predicted molar refractivity (Wildman–Crippen MR) is 151 cm³/mol. The van der Waals surface area contributed by atoms with Crippen molar-refractivity contribution in [3.63, 3.8) is 0 Å². The van der Waals surface area contributed by atoms with Crippen molar-refractivity contribution in [2.45, 2.75) is 19.4 Å². The first-order chi connectivity index (χ1) is 20.0. The second-order valence-electron chi connectivity index (χ2n) is 9.50. The summed E-state index contributed by atoms with van der Waals surface area (Å²) in [6.45, 7) is 1.45. The summed E-state index contributed by atoms with van der Waals surface area (Å²) in [5.74, 6) is -2.51. The Morgan fingerprint density at radius 2 is 1.93 bits per heavy atom. The molecule has 1 saturated heterocycles. The normalized spacial score (nSPS) is 16.8. The average molecular weight is 599 g/mol. The summed E-state index contributed by atoms with van der Waals surface area (Å²) < 4.78 is 18.7. The first kappa shape index (κ1) is 30.1. The highest BCUT2D eigenvalue weighted by molar-refractivity contribution is 6.30. The van der Waals surface area contributed by atoms with Crippen molar-refractivity contribution in [3.8, 4) is 17.2 Å². The molecule has 0 aromatic heterocycles. The molecule has 4 rings (SSSR count). The second kappa shape index (κ2) is 13.2. The number of halogens is 2. The lowest BCUT2D eigenvalue weighted by Crippen LogP contribution is -2.48. The highest BCUT2D eigenvalue weighted by Gasteiger charge is 2.35. The molecule has 0 unspecified atom stereocenters. The number of carbonyl (C=O) groups excluding carboxylic acids is 2. The van der Waals surface area contributed by atoms with E-state index in [2.05, 4.69) is 15.8 Å². The van der Waals surface area contributed by atoms with Crippen LogP contribution in [0.2, 0.25) is 5.02 Å². The Labute approximate surface area is 245 Å². The number of imide groups is 1. The molecule has 4 N–H and O–H groups in total. The fourth-order valence-corrected chi connectivity index (χ4v) is 4.54. The van der Waals surface area contributed by atoms with Gasteiger partial charge in [-0.25, -0.2) is 14.0 Å². The smallest absolute Gasteiger partial charge is 0.339 e. The third-order valence-electron chi connectivity index (χ3n) is 6.60. The SMILES string of the molecule is COc1ccc(Cl)cc1C[C@@H]1CN/C(=N\Oc2ccc(F)cc2)CN(C(=O)N[C@H](C)c2ccc(C(=O)O)c(O)c2)C1=O. The molecule has 1 aliphatic rings. The van der Waals surface area contributed by atoms with Crippen molar-refractivity contribution in [1.82, 2.24) is 15.5 Å². The van der Waals surface area contributed by atoms with Crippen molar-refractivity contribution in [2.75, 3.05) is 20.2 Å². The summed E-state index contributed by atoms with van der Waals surface area (Å²) in [6.07, 6.45) is 0.186. The number of hydrogen-bond acceptors (Lipinski definition) is 7. The number of nitrogens with zero attached hydrogens (tertiary/aromatic N) is 2. The minimum Gasteiger partial charge on any atom is -0.507 e. The van der Waals surface area contributed by atoms with Gasteiger partial charge in [-0.2, -0.15) is 0 Å². The zero-order valence-corrected chi connectivity index (χ0v) is 23.4. The van der Waals surface area contributed by atoms with Crippen molar-refractivity contribution in [3.05, 3.63) is 88.2 Å². The maximum absolute atomic E-state index is 13.7. The summed E-state index contributed by atoms with van der Waals surface area (Å²) in [7, 11) is 1.50. The number of hydrogen-bond donors (Lipinski definition) is 4. The van der Waals surface area contributed by atoms with E-state index in [9.17, 15) is 23.9 Å². The second-order valence-corrected chi connectivity index (χ2v) is 9.94. The first-order valence-electron chi connectivity index (χ1n) is 12.8. The molecule has 0 saturated carbocycles. The van der Waals surface area contributed by atoms with Crippen molar-refractivity contribution in [1.29, 1.82) is 0 Å². The number of amidine groups is 1. The summed E-state index contributed by atoms with van der Waals surface area (Å²) >= 11 is 6.19. The Bertz CT molecular complexity index is 1520. The van der Waals surface area contributed by atoms with Crippen LogP contribution in [0, 0.1) is 11.7 Å². The van der Waals surface area contributed by atoms with Gasteiger partial charge in [0.15, 0.2) is 11.6 Å². The number of aromatic carboxylic acids is 1. The van der Waals surface area contributed by atoms with Gasteiger partial charge in [-0.1, -0.05) is 22.8 Å². The number of carboxylic acid groups (broad SMARTS) is 1. The van der Waals surface area contributed by atoms with Crippen molar-refractivity contribution >= 4 is 35.3 Å². The Kier molecular flexibility index (Phi) is 9.48. The molecule has 13 heteroatoms. The van der Waals surface area contributed by atoms with Gasteiger partial charge in [0.05, 0.1) is 25.6 Å². The van der Waals surface area contributed by atoms with Gasteiger partial charge in [0.2, 0.25) is 5.91 Å². The Balaban J connectivity index is 1.59. The number of benzene rings is 3. The number of nitrogens with one attached hydrogen (secondary N) is 2. The van der Waals surface area contributed by atoms with Gasteiger partial charge >= 0.3 is 12.0 Å². The number of ether oxygens (including phenoxy) is 1. The van der Waals surface area contributed by atoms with Gasteiger partial charge in [-0.3, -0.25) is 9.69 Å². The maximum Gasteiger partial charge on any atom is 0.339 e. The molecule has 3 aromatic carbocycles. The standard InChI is InChI=1S/C29H28ClFN4O7/c1-16(17-3-9-23(28(38)39)24(36)13-17)33-29(40)35-15-26(34-42-22-7-5-21(31)6-8-22)32-14-19(27(35)37)11-18-12-20(30)4-10-25(18)41-2/h3-10,12-13,16,19,36H,11,14-15H2,1-2H3,(H,32,34)(H,33,40)(H,38,39)/t16-,19-/m1/s1. The van der Waals surface area contributed by atoms with E-state index >= 15 is 0 Å². The highest BCUT2D eigenvalue weighted by Crippen LogP contribution is 2.27. The van der Waals surface area contributed by atoms with Crippen LogP contribution in [0.3, 0.4) is 0 Å². The van der Waals surface area contributed by atoms with Crippen LogP contribution < -0.4 is 20.2 Å². The van der Waals surface area contributed by atoms with Gasteiger partial charge < -0.3 is 30.4 Å². The van der Waals surface area contributed by atoms with Crippen LogP contribution in [0.25, 0.3) is 0 Å². The summed E-state index contributed by atoms with van der Waals surface area (Å²) in [5, 5.41) is 29.5. The number of methoxy groups -OCH3 is 1. The molecular weight excluding hydrogens is 571 g/mol. The minimum atomic E-state index is -1.30. The molecule has 220 valence electrons. The molecule has 11 nitrogen and oxygen atoms in total. The molecule has 1 fully saturated rings. The number of carboxylic acids is 1. The number of amides is 3. The summed E-state index contributed by atoms with van der Waals surface area (Å²) in [5.41, 5.74) is 0.795. The molecule has 3 aromatic rings. The predicted octanol–water partition coefficient (Wildman–Crippen LogP) is 4.35. The number of aromatic hydroxyl groups is 1. The number of rotatable bonds is 8. The Morgan fingerprint density at radius 1 is 1.19 bits per heavy atom. The molecule has 0 radical (unpaired) electrons. The van der Waals surface area contributed by atoms with Crippen LogP contribution in [0.4, 0.5) is 9.18 Å². The quantitative estimate of drug-likeness (QED) is 0.280. The summed E-state index contributed by atoms with van der Waals surface area (Å²) in [6, 6.07) is 12.7. The van der Waals surface area contributed by atoms with E-state index in [1.54, 1.807) is 25.1 Å². The fourth-order valence-electron chi connectivity index (χ4n) is 4.35. The number of phenols is 1. The van der Waals surface area contributed by atoms with E-state index < -0.39 is 41.4 Å². The zero-order valence-electron chi connectivity index (χ0n) is 22.6. The Morgan fingerprint density at radius 3 is 2.60 bits per heavy atom. The molecular formula is C29H28ClFN4O7. The van der Waals surface area contributed by atoms with Crippen molar-refractivity contribution in [2.24, 2.45) is 11.1 Å². The van der Waals surface area contributed by atoms with Gasteiger partial charge in [-0.15, -0.1) is 0 Å². The average Bonchev–Trinajstić information content (AvgIpc) is 3.11. The third kappa shape index (κ3) is 7.26. The van der Waals surface area contributed by atoms with Crippen LogP contribution in [0.1, 0.15) is 34.5 Å². The van der Waals surface area contributed by atoms with E-state index in [4.69, 9.17) is 26.3 Å². The molecule has 0 aliphatic carbocycles. The lowest BCUT2D eigenvalue weighted by atomic mass is 9.97. The number of urea groups is 1. The number of oxime groups is 1. The van der Waals surface area contributed by atoms with Crippen LogP contribution in [0.15, 0.2) is 65.8 Å². The zero-order chi connectivity index (χ0) is 30.4. The van der Waals surface area contributed by atoms with Gasteiger partial charge in [0, 0.05) is 11.6 Å². The van der Waals surface area contributed by atoms with E-state index in [-0.39, 0.29) is 36.7 Å². The monoisotopic (exact) mass is 598 g/mol. The molecule has 1 aliphatic heterocycles. The minimum absolute atomic E-state index is 0.101. The summed E-state index contributed by atoms with van der Waals surface area (Å²) in [4.78, 5) is 44.8. The van der Waals surface area contributed by atoms with E-state index in [0.29, 0.717) is 21.9 Å². The van der Waals surface area contributed by atoms with Crippen LogP contribution in [-0.4, -0.2) is 59.1 Å². The van der Waals surface area contributed by atoms with Crippen LogP contribution >= 0.6 is 11.6 Å². The maximum atomic E-state index is 13.7. The molecule has 0 bridgehead atoms. The van der Waals surface area contributed by atoms with Gasteiger partial charge in [0.1, 0.15) is 22.9 Å². The van der Waals surface area contributed by atoms with E-state index in [0.717, 1.165) is 4.90 Å². The van der Waals surface area contributed by atoms with Gasteiger partial charge in [0.25, 0.3) is 0 Å². The third-order valence-corrected chi connectivity index (χ3v) is 6.83. The highest BCUT2D eigenvalue weighted by atomic mass is 35.5. The van der Waals surface area contributed by atoms with Crippen LogP contribution in [-0.2, 0) is 11.2 Å². The number of carbonyl (C=O) groups is 3. The van der Waals surface area contributed by atoms with Gasteiger partial charge in [-0.05, 0) is 79.1 Å². The first-order valence-corrected chi connectivity index (χ1v) is 13.2. The van der Waals surface area contributed by atoms with Crippen LogP contribution in [0.5, 0.6) is 17.2 Å². The molecule has 2 atom stereocenters. The lowest BCUT2D eigenvalue weighted by Gasteiger charge is -2.25.